The molecule has 1 aliphatic heterocycles. The van der Waals surface area contributed by atoms with E-state index in [9.17, 15) is 0 Å². The Balaban J connectivity index is 1.63. The van der Waals surface area contributed by atoms with Gasteiger partial charge in [-0.1, -0.05) is 26.0 Å². The fourth-order valence-electron chi connectivity index (χ4n) is 2.68. The van der Waals surface area contributed by atoms with Crippen LogP contribution in [0.25, 0.3) is 0 Å². The van der Waals surface area contributed by atoms with Crippen LogP contribution in [0.3, 0.4) is 0 Å². The number of ether oxygens (including phenoxy) is 1. The molecule has 3 nitrogen and oxygen atoms in total. The first-order valence-electron chi connectivity index (χ1n) is 7.78. The van der Waals surface area contributed by atoms with Gasteiger partial charge in [0.2, 0.25) is 0 Å². The summed E-state index contributed by atoms with van der Waals surface area (Å²) < 4.78 is 5.82. The van der Waals surface area contributed by atoms with E-state index < -0.39 is 0 Å². The highest BCUT2D eigenvalue weighted by atomic mass is 16.5. The minimum absolute atomic E-state index is 0.591. The summed E-state index contributed by atoms with van der Waals surface area (Å²) in [5, 5.41) is 3.54. The maximum Gasteiger partial charge on any atom is 0.119 e. The lowest BCUT2D eigenvalue weighted by atomic mass is 10.1. The van der Waals surface area contributed by atoms with Crippen LogP contribution in [-0.2, 0) is 0 Å². The van der Waals surface area contributed by atoms with Crippen molar-refractivity contribution in [2.75, 3.05) is 32.8 Å². The Labute approximate surface area is 123 Å². The molecule has 112 valence electrons. The number of rotatable bonds is 7. The fourth-order valence-corrected chi connectivity index (χ4v) is 2.68. The number of hydrogen-bond donors (Lipinski definition) is 1. The molecular weight excluding hydrogens is 248 g/mol. The summed E-state index contributed by atoms with van der Waals surface area (Å²) in [5.41, 5.74) is 1.25. The predicted molar refractivity (Wildman–Crippen MR) is 84.4 cm³/mol. The summed E-state index contributed by atoms with van der Waals surface area (Å²) in [6.45, 7) is 11.9. The van der Waals surface area contributed by atoms with E-state index >= 15 is 0 Å². The van der Waals surface area contributed by atoms with Gasteiger partial charge in [0.1, 0.15) is 12.4 Å². The van der Waals surface area contributed by atoms with E-state index in [-0.39, 0.29) is 0 Å². The molecule has 3 heteroatoms. The van der Waals surface area contributed by atoms with E-state index in [0.717, 1.165) is 31.4 Å². The van der Waals surface area contributed by atoms with Crippen molar-refractivity contribution in [1.82, 2.24) is 10.2 Å². The number of likely N-dealkylation sites (tertiary alicyclic amines) is 1. The third kappa shape index (κ3) is 5.14. The summed E-state index contributed by atoms with van der Waals surface area (Å²) in [6.07, 6.45) is 1.31. The molecule has 20 heavy (non-hydrogen) atoms. The Morgan fingerprint density at radius 2 is 2.25 bits per heavy atom. The molecule has 1 aromatic carbocycles. The summed E-state index contributed by atoms with van der Waals surface area (Å²) >= 11 is 0. The molecule has 1 aromatic rings. The minimum atomic E-state index is 0.591. The van der Waals surface area contributed by atoms with Crippen LogP contribution in [0.2, 0.25) is 0 Å². The summed E-state index contributed by atoms with van der Waals surface area (Å²) in [4.78, 5) is 2.52. The number of aryl methyl sites for hydroxylation is 1. The molecule has 1 aliphatic rings. The lowest BCUT2D eigenvalue weighted by Crippen LogP contribution is -2.31. The second kappa shape index (κ2) is 7.65. The maximum absolute atomic E-state index is 5.82. The molecule has 1 heterocycles. The van der Waals surface area contributed by atoms with Gasteiger partial charge < -0.3 is 10.1 Å². The maximum atomic E-state index is 5.82. The molecule has 0 bridgehead atoms. The highest BCUT2D eigenvalue weighted by Crippen LogP contribution is 2.16. The second-order valence-electron chi connectivity index (χ2n) is 6.18. The zero-order chi connectivity index (χ0) is 14.4. The van der Waals surface area contributed by atoms with Gasteiger partial charge in [-0.05, 0) is 50.0 Å². The Kier molecular flexibility index (Phi) is 5.86. The molecule has 1 N–H and O–H groups in total. The molecule has 0 amide bonds. The van der Waals surface area contributed by atoms with Gasteiger partial charge in [-0.3, -0.25) is 4.90 Å². The normalized spacial score (nSPS) is 19.7. The largest absolute Gasteiger partial charge is 0.492 e. The quantitative estimate of drug-likeness (QED) is 0.828. The Morgan fingerprint density at radius 1 is 1.40 bits per heavy atom. The highest BCUT2D eigenvalue weighted by Gasteiger charge is 2.21. The van der Waals surface area contributed by atoms with Gasteiger partial charge in [0, 0.05) is 19.1 Å². The smallest absolute Gasteiger partial charge is 0.119 e. The Bertz CT molecular complexity index is 406. The first kappa shape index (κ1) is 15.3. The fraction of sp³-hybridized carbons (Fsp3) is 0.647. The van der Waals surface area contributed by atoms with Crippen LogP contribution >= 0.6 is 0 Å². The number of nitrogens with one attached hydrogen (secondary N) is 1. The van der Waals surface area contributed by atoms with Crippen LogP contribution in [0.5, 0.6) is 5.75 Å². The van der Waals surface area contributed by atoms with Crippen LogP contribution in [0.4, 0.5) is 0 Å². The van der Waals surface area contributed by atoms with Crippen LogP contribution in [0.1, 0.15) is 25.8 Å². The standard InChI is InChI=1S/C17H28N2O/c1-14(2)18-12-16-7-8-19(13-16)9-10-20-17-6-4-5-15(3)11-17/h4-6,11,14,16,18H,7-10,12-13H2,1-3H3. The van der Waals surface area contributed by atoms with Gasteiger partial charge in [0.25, 0.3) is 0 Å². The van der Waals surface area contributed by atoms with Crippen molar-refractivity contribution in [2.24, 2.45) is 5.92 Å². The number of hydrogen-bond acceptors (Lipinski definition) is 3. The monoisotopic (exact) mass is 276 g/mol. The van der Waals surface area contributed by atoms with Crippen molar-refractivity contribution in [1.29, 1.82) is 0 Å². The SMILES string of the molecule is Cc1cccc(OCCN2CCC(CNC(C)C)C2)c1. The van der Waals surface area contributed by atoms with Gasteiger partial charge in [-0.2, -0.15) is 0 Å². The van der Waals surface area contributed by atoms with E-state index in [4.69, 9.17) is 4.74 Å². The van der Waals surface area contributed by atoms with Crippen molar-refractivity contribution in [3.05, 3.63) is 29.8 Å². The average Bonchev–Trinajstić information content (AvgIpc) is 2.84. The van der Waals surface area contributed by atoms with Crippen LogP contribution < -0.4 is 10.1 Å². The van der Waals surface area contributed by atoms with E-state index in [0.29, 0.717) is 6.04 Å². The first-order valence-corrected chi connectivity index (χ1v) is 7.78. The average molecular weight is 276 g/mol. The Hall–Kier alpha value is -1.06. The van der Waals surface area contributed by atoms with Gasteiger partial charge in [-0.15, -0.1) is 0 Å². The number of benzene rings is 1. The minimum Gasteiger partial charge on any atom is -0.492 e. The van der Waals surface area contributed by atoms with Gasteiger partial charge in [0.05, 0.1) is 0 Å². The van der Waals surface area contributed by atoms with E-state index in [2.05, 4.69) is 43.1 Å². The topological polar surface area (TPSA) is 24.5 Å². The summed E-state index contributed by atoms with van der Waals surface area (Å²) in [5.74, 6) is 1.79. The van der Waals surface area contributed by atoms with Crippen LogP contribution in [0, 0.1) is 12.8 Å². The number of nitrogens with zero attached hydrogens (tertiary/aromatic N) is 1. The van der Waals surface area contributed by atoms with Crippen molar-refractivity contribution in [3.63, 3.8) is 0 Å². The molecule has 0 saturated carbocycles. The Morgan fingerprint density at radius 3 is 3.00 bits per heavy atom. The predicted octanol–water partition coefficient (Wildman–Crippen LogP) is 2.69. The molecule has 2 rings (SSSR count). The third-order valence-electron chi connectivity index (χ3n) is 3.85. The van der Waals surface area contributed by atoms with Gasteiger partial charge in [0.15, 0.2) is 0 Å². The van der Waals surface area contributed by atoms with E-state index in [1.54, 1.807) is 0 Å². The zero-order valence-corrected chi connectivity index (χ0v) is 13.1. The van der Waals surface area contributed by atoms with Crippen LogP contribution in [0.15, 0.2) is 24.3 Å². The van der Waals surface area contributed by atoms with E-state index in [1.807, 2.05) is 12.1 Å². The lowest BCUT2D eigenvalue weighted by molar-refractivity contribution is 0.232. The van der Waals surface area contributed by atoms with Gasteiger partial charge >= 0.3 is 0 Å². The van der Waals surface area contributed by atoms with Crippen molar-refractivity contribution >= 4 is 0 Å². The van der Waals surface area contributed by atoms with Crippen molar-refractivity contribution in [3.8, 4) is 5.75 Å². The second-order valence-corrected chi connectivity index (χ2v) is 6.18. The van der Waals surface area contributed by atoms with E-state index in [1.165, 1.54) is 25.1 Å². The first-order chi connectivity index (χ1) is 9.63. The molecule has 1 unspecified atom stereocenters. The molecule has 1 fully saturated rings. The highest BCUT2D eigenvalue weighted by molar-refractivity contribution is 5.27. The zero-order valence-electron chi connectivity index (χ0n) is 13.1. The third-order valence-corrected chi connectivity index (χ3v) is 3.85. The molecule has 0 radical (unpaired) electrons. The van der Waals surface area contributed by atoms with Crippen molar-refractivity contribution < 1.29 is 4.74 Å². The molecule has 0 aromatic heterocycles. The molecule has 1 atom stereocenters. The summed E-state index contributed by atoms with van der Waals surface area (Å²) in [7, 11) is 0. The molecule has 0 spiro atoms. The van der Waals surface area contributed by atoms with Crippen molar-refractivity contribution in [2.45, 2.75) is 33.2 Å². The lowest BCUT2D eigenvalue weighted by Gasteiger charge is -2.17. The van der Waals surface area contributed by atoms with Gasteiger partial charge in [-0.25, -0.2) is 0 Å². The molecule has 1 saturated heterocycles. The molecular formula is C17H28N2O. The van der Waals surface area contributed by atoms with Crippen LogP contribution in [-0.4, -0.2) is 43.7 Å². The molecule has 0 aliphatic carbocycles. The summed E-state index contributed by atoms with van der Waals surface area (Å²) in [6, 6.07) is 8.87.